The summed E-state index contributed by atoms with van der Waals surface area (Å²) < 4.78 is 11.5. The molecule has 4 heteroatoms. The minimum Gasteiger partial charge on any atom is -0.459 e. The van der Waals surface area contributed by atoms with E-state index in [2.05, 4.69) is 18.0 Å². The standard InChI is InChI=1S/C17H24N2O2/c1-19(8-9-20-12-13-6-7-13)11-15-14-4-2-3-5-16(14)21-17(15)10-18/h2-5,13H,6-12,18H2,1H3. The highest BCUT2D eigenvalue weighted by Crippen LogP contribution is 2.29. The molecule has 0 aliphatic heterocycles. The molecule has 1 aliphatic rings. The number of nitrogens with two attached hydrogens (primary N) is 1. The number of fused-ring (bicyclic) bond motifs is 1. The molecule has 2 aromatic rings. The monoisotopic (exact) mass is 288 g/mol. The van der Waals surface area contributed by atoms with E-state index >= 15 is 0 Å². The van der Waals surface area contributed by atoms with Crippen LogP contribution in [0.25, 0.3) is 11.0 Å². The van der Waals surface area contributed by atoms with Gasteiger partial charge in [-0.1, -0.05) is 18.2 Å². The smallest absolute Gasteiger partial charge is 0.134 e. The van der Waals surface area contributed by atoms with Gasteiger partial charge in [0.2, 0.25) is 0 Å². The summed E-state index contributed by atoms with van der Waals surface area (Å²) in [7, 11) is 2.11. The second-order valence-electron chi connectivity index (χ2n) is 5.96. The number of benzene rings is 1. The zero-order chi connectivity index (χ0) is 14.7. The highest BCUT2D eigenvalue weighted by molar-refractivity contribution is 5.82. The van der Waals surface area contributed by atoms with Crippen LogP contribution < -0.4 is 5.73 Å². The fourth-order valence-corrected chi connectivity index (χ4v) is 2.59. The van der Waals surface area contributed by atoms with Crippen molar-refractivity contribution in [2.24, 2.45) is 11.7 Å². The van der Waals surface area contributed by atoms with E-state index in [1.807, 2.05) is 18.2 Å². The first-order valence-electron chi connectivity index (χ1n) is 7.73. The Bertz CT molecular complexity index is 589. The second-order valence-corrected chi connectivity index (χ2v) is 5.96. The van der Waals surface area contributed by atoms with Crippen LogP contribution in [0.2, 0.25) is 0 Å². The Balaban J connectivity index is 1.59. The van der Waals surface area contributed by atoms with Crippen molar-refractivity contribution in [2.45, 2.75) is 25.9 Å². The largest absolute Gasteiger partial charge is 0.459 e. The number of para-hydroxylation sites is 1. The predicted molar refractivity (Wildman–Crippen MR) is 84.0 cm³/mol. The molecule has 0 radical (unpaired) electrons. The Hall–Kier alpha value is -1.36. The van der Waals surface area contributed by atoms with Crippen LogP contribution in [-0.4, -0.2) is 31.7 Å². The minimum absolute atomic E-state index is 0.441. The lowest BCUT2D eigenvalue weighted by atomic mass is 10.1. The summed E-state index contributed by atoms with van der Waals surface area (Å²) in [5, 5.41) is 1.17. The quantitative estimate of drug-likeness (QED) is 0.759. The van der Waals surface area contributed by atoms with E-state index in [9.17, 15) is 0 Å². The van der Waals surface area contributed by atoms with Crippen LogP contribution in [0.3, 0.4) is 0 Å². The molecule has 3 rings (SSSR count). The van der Waals surface area contributed by atoms with Crippen LogP contribution in [0.1, 0.15) is 24.2 Å². The van der Waals surface area contributed by atoms with Gasteiger partial charge >= 0.3 is 0 Å². The van der Waals surface area contributed by atoms with Crippen molar-refractivity contribution in [2.75, 3.05) is 26.8 Å². The number of ether oxygens (including phenoxy) is 1. The van der Waals surface area contributed by atoms with E-state index < -0.39 is 0 Å². The lowest BCUT2D eigenvalue weighted by Crippen LogP contribution is -2.23. The second kappa shape index (κ2) is 6.60. The van der Waals surface area contributed by atoms with E-state index in [0.29, 0.717) is 6.54 Å². The van der Waals surface area contributed by atoms with Gasteiger partial charge in [-0.3, -0.25) is 4.90 Å². The molecule has 0 saturated heterocycles. The SMILES string of the molecule is CN(CCOCC1CC1)Cc1c(CN)oc2ccccc12. The normalized spacial score (nSPS) is 15.2. The Labute approximate surface area is 125 Å². The maximum atomic E-state index is 5.83. The molecule has 1 saturated carbocycles. The van der Waals surface area contributed by atoms with Crippen LogP contribution in [0.15, 0.2) is 28.7 Å². The Morgan fingerprint density at radius 1 is 1.33 bits per heavy atom. The first-order chi connectivity index (χ1) is 10.3. The number of likely N-dealkylation sites (N-methyl/N-ethyl adjacent to an activating group) is 1. The van der Waals surface area contributed by atoms with Crippen molar-refractivity contribution in [3.8, 4) is 0 Å². The van der Waals surface area contributed by atoms with Crippen LogP contribution >= 0.6 is 0 Å². The molecule has 1 heterocycles. The molecule has 1 fully saturated rings. The maximum absolute atomic E-state index is 5.83. The van der Waals surface area contributed by atoms with Gasteiger partial charge in [0.1, 0.15) is 11.3 Å². The van der Waals surface area contributed by atoms with Crippen molar-refractivity contribution in [3.63, 3.8) is 0 Å². The average Bonchev–Trinajstić information content (AvgIpc) is 3.26. The Morgan fingerprint density at radius 3 is 2.90 bits per heavy atom. The number of furan rings is 1. The molecule has 0 amide bonds. The van der Waals surface area contributed by atoms with Crippen LogP contribution in [0.5, 0.6) is 0 Å². The van der Waals surface area contributed by atoms with Crippen molar-refractivity contribution in [1.82, 2.24) is 4.90 Å². The lowest BCUT2D eigenvalue weighted by molar-refractivity contribution is 0.102. The Morgan fingerprint density at radius 2 is 2.14 bits per heavy atom. The minimum atomic E-state index is 0.441. The van der Waals surface area contributed by atoms with Crippen molar-refractivity contribution in [1.29, 1.82) is 0 Å². The molecule has 21 heavy (non-hydrogen) atoms. The van der Waals surface area contributed by atoms with E-state index in [-0.39, 0.29) is 0 Å². The van der Waals surface area contributed by atoms with E-state index in [0.717, 1.165) is 43.6 Å². The fourth-order valence-electron chi connectivity index (χ4n) is 2.59. The zero-order valence-electron chi connectivity index (χ0n) is 12.7. The number of hydrogen-bond donors (Lipinski definition) is 1. The van der Waals surface area contributed by atoms with Crippen LogP contribution in [0.4, 0.5) is 0 Å². The van der Waals surface area contributed by atoms with Gasteiger partial charge in [-0.25, -0.2) is 0 Å². The molecule has 1 aliphatic carbocycles. The van der Waals surface area contributed by atoms with Crippen molar-refractivity contribution >= 4 is 11.0 Å². The molecule has 2 N–H and O–H groups in total. The highest BCUT2D eigenvalue weighted by atomic mass is 16.5. The van der Waals surface area contributed by atoms with Gasteiger partial charge in [0.05, 0.1) is 13.2 Å². The summed E-state index contributed by atoms with van der Waals surface area (Å²) in [6, 6.07) is 8.13. The first-order valence-corrected chi connectivity index (χ1v) is 7.73. The maximum Gasteiger partial charge on any atom is 0.134 e. The van der Waals surface area contributed by atoms with Gasteiger partial charge in [0, 0.05) is 30.6 Å². The summed E-state index contributed by atoms with van der Waals surface area (Å²) in [6.45, 7) is 3.93. The number of hydrogen-bond acceptors (Lipinski definition) is 4. The third-order valence-corrected chi connectivity index (χ3v) is 4.06. The van der Waals surface area contributed by atoms with Gasteiger partial charge in [-0.15, -0.1) is 0 Å². The Kier molecular flexibility index (Phi) is 4.58. The summed E-state index contributed by atoms with van der Waals surface area (Å²) >= 11 is 0. The fraction of sp³-hybridized carbons (Fsp3) is 0.529. The predicted octanol–water partition coefficient (Wildman–Crippen LogP) is 2.75. The molecular weight excluding hydrogens is 264 g/mol. The number of nitrogens with zero attached hydrogens (tertiary/aromatic N) is 1. The highest BCUT2D eigenvalue weighted by Gasteiger charge is 2.21. The molecule has 0 unspecified atom stereocenters. The van der Waals surface area contributed by atoms with Gasteiger partial charge in [0.25, 0.3) is 0 Å². The molecule has 0 bridgehead atoms. The first kappa shape index (κ1) is 14.6. The summed E-state index contributed by atoms with van der Waals surface area (Å²) in [5.74, 6) is 1.72. The number of rotatable bonds is 8. The molecule has 0 atom stereocenters. The van der Waals surface area contributed by atoms with Gasteiger partial charge in [-0.2, -0.15) is 0 Å². The molecule has 0 spiro atoms. The molecule has 114 valence electrons. The average molecular weight is 288 g/mol. The van der Waals surface area contributed by atoms with Gasteiger partial charge in [0.15, 0.2) is 0 Å². The van der Waals surface area contributed by atoms with Gasteiger partial charge in [-0.05, 0) is 31.9 Å². The van der Waals surface area contributed by atoms with Crippen molar-refractivity contribution in [3.05, 3.63) is 35.6 Å². The summed E-state index contributed by atoms with van der Waals surface area (Å²) in [6.07, 6.45) is 2.69. The van der Waals surface area contributed by atoms with Gasteiger partial charge < -0.3 is 14.9 Å². The molecule has 4 nitrogen and oxygen atoms in total. The molecule has 1 aromatic carbocycles. The van der Waals surface area contributed by atoms with Crippen molar-refractivity contribution < 1.29 is 9.15 Å². The van der Waals surface area contributed by atoms with E-state index in [1.165, 1.54) is 23.8 Å². The summed E-state index contributed by atoms with van der Waals surface area (Å²) in [5.41, 5.74) is 7.94. The van der Waals surface area contributed by atoms with E-state index in [4.69, 9.17) is 14.9 Å². The molecule has 1 aromatic heterocycles. The van der Waals surface area contributed by atoms with Crippen LogP contribution in [-0.2, 0) is 17.8 Å². The topological polar surface area (TPSA) is 51.6 Å². The van der Waals surface area contributed by atoms with E-state index in [1.54, 1.807) is 0 Å². The molecular formula is C17H24N2O2. The third-order valence-electron chi connectivity index (χ3n) is 4.06. The van der Waals surface area contributed by atoms with Crippen LogP contribution in [0, 0.1) is 5.92 Å². The summed E-state index contributed by atoms with van der Waals surface area (Å²) in [4.78, 5) is 2.27. The third kappa shape index (κ3) is 3.64. The lowest BCUT2D eigenvalue weighted by Gasteiger charge is -2.16. The zero-order valence-corrected chi connectivity index (χ0v) is 12.7.